The van der Waals surface area contributed by atoms with Gasteiger partial charge >= 0.3 is 0 Å². The van der Waals surface area contributed by atoms with Crippen LogP contribution >= 0.6 is 0 Å². The van der Waals surface area contributed by atoms with Gasteiger partial charge in [-0.15, -0.1) is 0 Å². The van der Waals surface area contributed by atoms with Crippen molar-refractivity contribution in [1.29, 1.82) is 0 Å². The van der Waals surface area contributed by atoms with Crippen molar-refractivity contribution in [3.63, 3.8) is 0 Å². The second-order valence-corrected chi connectivity index (χ2v) is 8.36. The van der Waals surface area contributed by atoms with Gasteiger partial charge in [0.1, 0.15) is 0 Å². The van der Waals surface area contributed by atoms with Gasteiger partial charge in [-0.25, -0.2) is 0 Å². The number of rotatable bonds is 7. The molecule has 2 unspecified atom stereocenters. The number of guanidine groups is 1. The molecule has 0 aromatic rings. The molecule has 26 heavy (non-hydrogen) atoms. The molecule has 3 fully saturated rings. The molecule has 6 nitrogen and oxygen atoms in total. The van der Waals surface area contributed by atoms with Gasteiger partial charge in [-0.05, 0) is 53.0 Å². The lowest BCUT2D eigenvalue weighted by molar-refractivity contribution is -0.134. The molecule has 2 N–H and O–H groups in total. The molecule has 1 heterocycles. The molecule has 0 aromatic carbocycles. The third-order valence-electron chi connectivity index (χ3n) is 6.22. The summed E-state index contributed by atoms with van der Waals surface area (Å²) in [5.74, 6) is 1.56. The molecule has 1 aliphatic heterocycles. The number of amides is 1. The number of carbonyl (C=O) groups excluding carboxylic acids is 1. The Balaban J connectivity index is 1.48. The van der Waals surface area contributed by atoms with Crippen LogP contribution in [0.15, 0.2) is 4.99 Å². The Morgan fingerprint density at radius 3 is 2.62 bits per heavy atom. The van der Waals surface area contributed by atoms with Crippen LogP contribution in [-0.2, 0) is 4.79 Å². The van der Waals surface area contributed by atoms with Gasteiger partial charge in [-0.1, -0.05) is 12.8 Å². The van der Waals surface area contributed by atoms with Crippen molar-refractivity contribution in [3.05, 3.63) is 0 Å². The van der Waals surface area contributed by atoms with Gasteiger partial charge in [0.05, 0.1) is 6.54 Å². The van der Waals surface area contributed by atoms with Gasteiger partial charge in [0.15, 0.2) is 5.96 Å². The Hall–Kier alpha value is -1.30. The average molecular weight is 364 g/mol. The molecule has 6 heteroatoms. The molecule has 0 bridgehead atoms. The van der Waals surface area contributed by atoms with Crippen LogP contribution in [0, 0.1) is 5.92 Å². The molecule has 0 aromatic heterocycles. The Bertz CT molecular complexity index is 498. The standard InChI is InChI=1S/C20H37N5O/c1-4-21-20(22-13-15(2)24(3)18-9-10-18)23-17-11-12-25(14-17)19(26)16-7-5-6-8-16/h15-18H,4-14H2,1-3H3,(H2,21,22,23). The van der Waals surface area contributed by atoms with Crippen LogP contribution in [0.3, 0.4) is 0 Å². The minimum atomic E-state index is 0.287. The summed E-state index contributed by atoms with van der Waals surface area (Å²) in [6.07, 6.45) is 8.28. The second-order valence-electron chi connectivity index (χ2n) is 8.36. The molecule has 3 aliphatic rings. The zero-order chi connectivity index (χ0) is 18.5. The zero-order valence-corrected chi connectivity index (χ0v) is 16.8. The van der Waals surface area contributed by atoms with E-state index < -0.39 is 0 Å². The van der Waals surface area contributed by atoms with Gasteiger partial charge in [0, 0.05) is 43.7 Å². The fraction of sp³-hybridized carbons (Fsp3) is 0.900. The topological polar surface area (TPSA) is 60.0 Å². The predicted molar refractivity (Wildman–Crippen MR) is 106 cm³/mol. The zero-order valence-electron chi connectivity index (χ0n) is 16.8. The molecule has 2 saturated carbocycles. The maximum absolute atomic E-state index is 12.6. The van der Waals surface area contributed by atoms with Gasteiger partial charge in [0.25, 0.3) is 0 Å². The second kappa shape index (κ2) is 9.07. The van der Waals surface area contributed by atoms with E-state index in [2.05, 4.69) is 41.3 Å². The molecular formula is C20H37N5O. The van der Waals surface area contributed by atoms with Crippen molar-refractivity contribution in [2.24, 2.45) is 10.9 Å². The van der Waals surface area contributed by atoms with Crippen molar-refractivity contribution in [2.45, 2.75) is 76.9 Å². The molecule has 0 radical (unpaired) electrons. The highest BCUT2D eigenvalue weighted by Gasteiger charge is 2.32. The lowest BCUT2D eigenvalue weighted by atomic mass is 10.1. The van der Waals surface area contributed by atoms with Crippen molar-refractivity contribution in [1.82, 2.24) is 20.4 Å². The normalized spacial score (nSPS) is 25.8. The molecule has 2 atom stereocenters. The van der Waals surface area contributed by atoms with Gasteiger partial charge < -0.3 is 15.5 Å². The monoisotopic (exact) mass is 363 g/mol. The average Bonchev–Trinajstić information content (AvgIpc) is 3.14. The number of hydrogen-bond donors (Lipinski definition) is 2. The number of nitrogens with one attached hydrogen (secondary N) is 2. The van der Waals surface area contributed by atoms with Crippen molar-refractivity contribution < 1.29 is 4.79 Å². The third-order valence-corrected chi connectivity index (χ3v) is 6.22. The van der Waals surface area contributed by atoms with Crippen LogP contribution in [-0.4, -0.2) is 73.0 Å². The molecule has 3 rings (SSSR count). The van der Waals surface area contributed by atoms with Crippen LogP contribution in [0.5, 0.6) is 0 Å². The van der Waals surface area contributed by atoms with Crippen molar-refractivity contribution in [3.8, 4) is 0 Å². The Morgan fingerprint density at radius 1 is 1.23 bits per heavy atom. The fourth-order valence-electron chi connectivity index (χ4n) is 4.22. The first kappa shape index (κ1) is 19.5. The molecular weight excluding hydrogens is 326 g/mol. The van der Waals surface area contributed by atoms with E-state index in [9.17, 15) is 4.79 Å². The smallest absolute Gasteiger partial charge is 0.225 e. The summed E-state index contributed by atoms with van der Waals surface area (Å²) >= 11 is 0. The van der Waals surface area contributed by atoms with Crippen LogP contribution in [0.1, 0.15) is 58.8 Å². The van der Waals surface area contributed by atoms with E-state index >= 15 is 0 Å². The van der Waals surface area contributed by atoms with E-state index in [1.54, 1.807) is 0 Å². The Morgan fingerprint density at radius 2 is 1.96 bits per heavy atom. The molecule has 148 valence electrons. The number of aliphatic imine (C=N–C) groups is 1. The van der Waals surface area contributed by atoms with E-state index in [-0.39, 0.29) is 5.92 Å². The van der Waals surface area contributed by atoms with E-state index in [0.29, 0.717) is 18.0 Å². The summed E-state index contributed by atoms with van der Waals surface area (Å²) in [6.45, 7) is 7.71. The molecule has 2 aliphatic carbocycles. The van der Waals surface area contributed by atoms with E-state index in [1.165, 1.54) is 25.7 Å². The van der Waals surface area contributed by atoms with Crippen LogP contribution in [0.25, 0.3) is 0 Å². The van der Waals surface area contributed by atoms with Crippen LogP contribution in [0.4, 0.5) is 0 Å². The third kappa shape index (κ3) is 5.12. The van der Waals surface area contributed by atoms with Gasteiger partial charge in [0.2, 0.25) is 5.91 Å². The van der Waals surface area contributed by atoms with E-state index in [0.717, 1.165) is 57.4 Å². The quantitative estimate of drug-likeness (QED) is 0.535. The molecule has 1 amide bonds. The maximum atomic E-state index is 12.6. The highest BCUT2D eigenvalue weighted by Crippen LogP contribution is 2.28. The van der Waals surface area contributed by atoms with E-state index in [4.69, 9.17) is 4.99 Å². The van der Waals surface area contributed by atoms with Crippen molar-refractivity contribution in [2.75, 3.05) is 33.2 Å². The van der Waals surface area contributed by atoms with Crippen LogP contribution < -0.4 is 10.6 Å². The SMILES string of the molecule is CCNC(=NCC(C)N(C)C1CC1)NC1CCN(C(=O)C2CCCC2)C1. The van der Waals surface area contributed by atoms with Crippen molar-refractivity contribution >= 4 is 11.9 Å². The summed E-state index contributed by atoms with van der Waals surface area (Å²) in [5, 5.41) is 6.92. The summed E-state index contributed by atoms with van der Waals surface area (Å²) in [6, 6.07) is 1.54. The maximum Gasteiger partial charge on any atom is 0.225 e. The van der Waals surface area contributed by atoms with Crippen LogP contribution in [0.2, 0.25) is 0 Å². The minimum absolute atomic E-state index is 0.287. The number of likely N-dealkylation sites (tertiary alicyclic amines) is 1. The van der Waals surface area contributed by atoms with E-state index in [1.807, 2.05) is 0 Å². The molecule has 0 spiro atoms. The fourth-order valence-corrected chi connectivity index (χ4v) is 4.22. The first-order valence-electron chi connectivity index (χ1n) is 10.6. The summed E-state index contributed by atoms with van der Waals surface area (Å²) in [7, 11) is 2.21. The van der Waals surface area contributed by atoms with Gasteiger partial charge in [-0.2, -0.15) is 0 Å². The minimum Gasteiger partial charge on any atom is -0.357 e. The number of likely N-dealkylation sites (N-methyl/N-ethyl adjacent to an activating group) is 1. The number of hydrogen-bond acceptors (Lipinski definition) is 3. The summed E-state index contributed by atoms with van der Waals surface area (Å²) < 4.78 is 0. The summed E-state index contributed by atoms with van der Waals surface area (Å²) in [5.41, 5.74) is 0. The lowest BCUT2D eigenvalue weighted by Gasteiger charge is -2.24. The number of nitrogens with zero attached hydrogens (tertiary/aromatic N) is 3. The summed E-state index contributed by atoms with van der Waals surface area (Å²) in [4.78, 5) is 21.9. The number of carbonyl (C=O) groups is 1. The highest BCUT2D eigenvalue weighted by molar-refractivity contribution is 5.81. The highest BCUT2D eigenvalue weighted by atomic mass is 16.2. The Labute approximate surface area is 158 Å². The van der Waals surface area contributed by atoms with Gasteiger partial charge in [-0.3, -0.25) is 14.7 Å². The lowest BCUT2D eigenvalue weighted by Crippen LogP contribution is -2.46. The Kier molecular flexibility index (Phi) is 6.79. The largest absolute Gasteiger partial charge is 0.357 e. The first-order valence-corrected chi connectivity index (χ1v) is 10.6. The molecule has 1 saturated heterocycles. The predicted octanol–water partition coefficient (Wildman–Crippen LogP) is 1.82. The first-order chi connectivity index (χ1) is 12.6.